The van der Waals surface area contributed by atoms with E-state index < -0.39 is 0 Å². The third kappa shape index (κ3) is 3.99. The maximum absolute atomic E-state index is 13.2. The van der Waals surface area contributed by atoms with Gasteiger partial charge in [-0.25, -0.2) is 0 Å². The number of rotatable bonds is 6. The zero-order valence-corrected chi connectivity index (χ0v) is 14.5. The first-order valence-electron chi connectivity index (χ1n) is 8.21. The van der Waals surface area contributed by atoms with Gasteiger partial charge >= 0.3 is 0 Å². The van der Waals surface area contributed by atoms with Crippen LogP contribution in [0.4, 0.5) is 5.69 Å². The van der Waals surface area contributed by atoms with Crippen LogP contribution in [0.25, 0.3) is 0 Å². The number of carbonyl (C=O) groups excluding carboxylic acids is 1. The molecular weight excluding hydrogens is 284 g/mol. The molecule has 0 N–H and O–H groups in total. The predicted molar refractivity (Wildman–Crippen MR) is 96.7 cm³/mol. The number of carbonyl (C=O) groups is 1. The van der Waals surface area contributed by atoms with E-state index >= 15 is 0 Å². The minimum Gasteiger partial charge on any atom is -0.314 e. The SMILES string of the molecule is CCN(CC)C(C(=O)N(C)c1ccc(C)cc1)c1ccccc1. The van der Waals surface area contributed by atoms with Gasteiger partial charge in [0, 0.05) is 12.7 Å². The molecule has 0 saturated carbocycles. The molecule has 0 aromatic heterocycles. The highest BCUT2D eigenvalue weighted by atomic mass is 16.2. The molecule has 3 nitrogen and oxygen atoms in total. The van der Waals surface area contributed by atoms with Gasteiger partial charge in [0.2, 0.25) is 5.91 Å². The van der Waals surface area contributed by atoms with Crippen molar-refractivity contribution in [2.45, 2.75) is 26.8 Å². The summed E-state index contributed by atoms with van der Waals surface area (Å²) in [6.45, 7) is 7.92. The van der Waals surface area contributed by atoms with Gasteiger partial charge in [-0.05, 0) is 37.7 Å². The molecule has 0 aliphatic heterocycles. The fourth-order valence-electron chi connectivity index (χ4n) is 2.81. The van der Waals surface area contributed by atoms with Gasteiger partial charge < -0.3 is 4.90 Å². The van der Waals surface area contributed by atoms with Crippen molar-refractivity contribution in [1.82, 2.24) is 4.90 Å². The molecule has 0 saturated heterocycles. The van der Waals surface area contributed by atoms with E-state index in [0.717, 1.165) is 24.3 Å². The Kier molecular flexibility index (Phi) is 5.94. The number of aryl methyl sites for hydroxylation is 1. The Morgan fingerprint density at radius 2 is 1.52 bits per heavy atom. The van der Waals surface area contributed by atoms with Crippen LogP contribution in [-0.4, -0.2) is 30.9 Å². The molecule has 2 rings (SSSR count). The average molecular weight is 310 g/mol. The first-order valence-corrected chi connectivity index (χ1v) is 8.21. The second kappa shape index (κ2) is 7.93. The second-order valence-electron chi connectivity index (χ2n) is 5.77. The van der Waals surface area contributed by atoms with Gasteiger partial charge in [0.25, 0.3) is 0 Å². The minimum atomic E-state index is -0.252. The molecule has 0 aliphatic rings. The van der Waals surface area contributed by atoms with Crippen molar-refractivity contribution in [3.05, 3.63) is 65.7 Å². The first kappa shape index (κ1) is 17.2. The van der Waals surface area contributed by atoms with E-state index in [2.05, 4.69) is 18.7 Å². The Labute approximate surface area is 139 Å². The maximum Gasteiger partial charge on any atom is 0.248 e. The lowest BCUT2D eigenvalue weighted by molar-refractivity contribution is -0.123. The minimum absolute atomic E-state index is 0.101. The van der Waals surface area contributed by atoms with Gasteiger partial charge in [-0.2, -0.15) is 0 Å². The van der Waals surface area contributed by atoms with Crippen LogP contribution >= 0.6 is 0 Å². The summed E-state index contributed by atoms with van der Waals surface area (Å²) in [5, 5.41) is 0. The standard InChI is InChI=1S/C20H26N2O/c1-5-22(6-2)19(17-10-8-7-9-11-17)20(23)21(4)18-14-12-16(3)13-15-18/h7-15,19H,5-6H2,1-4H3. The number of nitrogens with zero attached hydrogens (tertiary/aromatic N) is 2. The molecule has 0 radical (unpaired) electrons. The van der Waals surface area contributed by atoms with Gasteiger partial charge in [0.05, 0.1) is 0 Å². The first-order chi connectivity index (χ1) is 11.1. The Morgan fingerprint density at radius 3 is 2.04 bits per heavy atom. The van der Waals surface area contributed by atoms with Crippen molar-refractivity contribution < 1.29 is 4.79 Å². The molecular formula is C20H26N2O. The maximum atomic E-state index is 13.2. The third-order valence-electron chi connectivity index (χ3n) is 4.28. The van der Waals surface area contributed by atoms with Gasteiger partial charge in [-0.1, -0.05) is 61.9 Å². The summed E-state index contributed by atoms with van der Waals surface area (Å²) >= 11 is 0. The predicted octanol–water partition coefficient (Wildman–Crippen LogP) is 4.04. The van der Waals surface area contributed by atoms with Crippen molar-refractivity contribution in [2.24, 2.45) is 0 Å². The molecule has 3 heteroatoms. The highest BCUT2D eigenvalue weighted by Crippen LogP contribution is 2.25. The van der Waals surface area contributed by atoms with Crippen molar-refractivity contribution in [3.8, 4) is 0 Å². The van der Waals surface area contributed by atoms with E-state index in [0.29, 0.717) is 0 Å². The van der Waals surface area contributed by atoms with E-state index in [4.69, 9.17) is 0 Å². The molecule has 2 aromatic carbocycles. The Balaban J connectivity index is 2.34. The molecule has 0 fully saturated rings. The van der Waals surface area contributed by atoms with Crippen molar-refractivity contribution in [1.29, 1.82) is 0 Å². The molecule has 0 spiro atoms. The van der Waals surface area contributed by atoms with Crippen LogP contribution in [0.1, 0.15) is 31.0 Å². The van der Waals surface area contributed by atoms with Gasteiger partial charge in [0.1, 0.15) is 6.04 Å². The van der Waals surface area contributed by atoms with Crippen LogP contribution in [0.15, 0.2) is 54.6 Å². The van der Waals surface area contributed by atoms with E-state index in [1.807, 2.05) is 68.6 Å². The largest absolute Gasteiger partial charge is 0.314 e. The molecule has 2 aromatic rings. The fraction of sp³-hybridized carbons (Fsp3) is 0.350. The van der Waals surface area contributed by atoms with Gasteiger partial charge in [0.15, 0.2) is 0 Å². The van der Waals surface area contributed by atoms with E-state index in [1.54, 1.807) is 4.90 Å². The monoisotopic (exact) mass is 310 g/mol. The summed E-state index contributed by atoms with van der Waals surface area (Å²) in [6, 6.07) is 17.8. The average Bonchev–Trinajstić information content (AvgIpc) is 2.59. The van der Waals surface area contributed by atoms with Crippen LogP contribution in [0.3, 0.4) is 0 Å². The molecule has 1 atom stereocenters. The van der Waals surface area contributed by atoms with E-state index in [1.165, 1.54) is 5.56 Å². The van der Waals surface area contributed by atoms with Crippen molar-refractivity contribution >= 4 is 11.6 Å². The number of amides is 1. The molecule has 122 valence electrons. The van der Waals surface area contributed by atoms with Crippen LogP contribution in [-0.2, 0) is 4.79 Å². The second-order valence-corrected chi connectivity index (χ2v) is 5.77. The fourth-order valence-corrected chi connectivity index (χ4v) is 2.81. The number of hydrogen-bond donors (Lipinski definition) is 0. The lowest BCUT2D eigenvalue weighted by atomic mass is 10.0. The van der Waals surface area contributed by atoms with Crippen molar-refractivity contribution in [2.75, 3.05) is 25.0 Å². The lowest BCUT2D eigenvalue weighted by Crippen LogP contribution is -2.41. The smallest absolute Gasteiger partial charge is 0.248 e. The summed E-state index contributed by atoms with van der Waals surface area (Å²) in [5.74, 6) is 0.101. The summed E-state index contributed by atoms with van der Waals surface area (Å²) in [7, 11) is 1.85. The number of hydrogen-bond acceptors (Lipinski definition) is 2. The summed E-state index contributed by atoms with van der Waals surface area (Å²) < 4.78 is 0. The zero-order chi connectivity index (χ0) is 16.8. The number of anilines is 1. The van der Waals surface area contributed by atoms with Gasteiger partial charge in [-0.3, -0.25) is 9.69 Å². The summed E-state index contributed by atoms with van der Waals surface area (Å²) in [4.78, 5) is 17.1. The third-order valence-corrected chi connectivity index (χ3v) is 4.28. The Bertz CT molecular complexity index is 618. The Morgan fingerprint density at radius 1 is 0.957 bits per heavy atom. The van der Waals surface area contributed by atoms with E-state index in [9.17, 15) is 4.79 Å². The molecule has 1 unspecified atom stereocenters. The molecule has 0 heterocycles. The lowest BCUT2D eigenvalue weighted by Gasteiger charge is -2.32. The van der Waals surface area contributed by atoms with E-state index in [-0.39, 0.29) is 11.9 Å². The normalized spacial score (nSPS) is 12.2. The zero-order valence-electron chi connectivity index (χ0n) is 14.5. The molecule has 0 bridgehead atoms. The summed E-state index contributed by atoms with van der Waals surface area (Å²) in [5.41, 5.74) is 3.16. The Hall–Kier alpha value is -2.13. The van der Waals surface area contributed by atoms with Crippen LogP contribution in [0.5, 0.6) is 0 Å². The van der Waals surface area contributed by atoms with Crippen LogP contribution in [0, 0.1) is 6.92 Å². The van der Waals surface area contributed by atoms with Gasteiger partial charge in [-0.15, -0.1) is 0 Å². The van der Waals surface area contributed by atoms with Crippen LogP contribution < -0.4 is 4.90 Å². The van der Waals surface area contributed by atoms with Crippen molar-refractivity contribution in [3.63, 3.8) is 0 Å². The summed E-state index contributed by atoms with van der Waals surface area (Å²) in [6.07, 6.45) is 0. The quantitative estimate of drug-likeness (QED) is 0.804. The molecule has 0 aliphatic carbocycles. The molecule has 1 amide bonds. The highest BCUT2D eigenvalue weighted by molar-refractivity contribution is 5.97. The number of benzene rings is 2. The highest BCUT2D eigenvalue weighted by Gasteiger charge is 2.28. The topological polar surface area (TPSA) is 23.6 Å². The van der Waals surface area contributed by atoms with Crippen LogP contribution in [0.2, 0.25) is 0 Å². The number of likely N-dealkylation sites (N-methyl/N-ethyl adjacent to an activating group) is 2. The molecule has 23 heavy (non-hydrogen) atoms.